The summed E-state index contributed by atoms with van der Waals surface area (Å²) in [5.74, 6) is 6.05. The summed E-state index contributed by atoms with van der Waals surface area (Å²) in [5, 5.41) is 11.6. The molecule has 1 N–H and O–H groups in total. The minimum Gasteiger partial charge on any atom is -0.489 e. The molecule has 3 aromatic rings. The number of carbonyl (C=O) groups is 5. The number of nitrogens with one attached hydrogen (secondary N) is 1. The Morgan fingerprint density at radius 2 is 1.53 bits per heavy atom. The van der Waals surface area contributed by atoms with Crippen molar-refractivity contribution in [3.05, 3.63) is 93.5 Å². The van der Waals surface area contributed by atoms with Gasteiger partial charge in [-0.3, -0.25) is 39.1 Å². The van der Waals surface area contributed by atoms with Crippen LogP contribution in [0.2, 0.25) is 0 Å². The molecule has 1 saturated carbocycles. The van der Waals surface area contributed by atoms with Gasteiger partial charge in [-0.2, -0.15) is 5.26 Å². The molecular formula is C47H48N6O6. The Morgan fingerprint density at radius 1 is 0.814 bits per heavy atom. The highest BCUT2D eigenvalue weighted by molar-refractivity contribution is 6.23. The number of nitrogens with zero attached hydrogens (tertiary/aromatic N) is 5. The number of rotatable bonds is 6. The number of imide groups is 2. The first-order chi connectivity index (χ1) is 28.1. The monoisotopic (exact) mass is 792 g/mol. The largest absolute Gasteiger partial charge is 0.489 e. The summed E-state index contributed by atoms with van der Waals surface area (Å²) in [7, 11) is 0. The third-order valence-corrected chi connectivity index (χ3v) is 13.7. The summed E-state index contributed by atoms with van der Waals surface area (Å²) in [6, 6.07) is 18.4. The Morgan fingerprint density at radius 3 is 2.22 bits per heavy atom. The molecule has 302 valence electrons. The number of nitriles is 1. The summed E-state index contributed by atoms with van der Waals surface area (Å²) < 4.78 is 6.56. The minimum atomic E-state index is -0.976. The van der Waals surface area contributed by atoms with E-state index in [1.165, 1.54) is 0 Å². The van der Waals surface area contributed by atoms with Gasteiger partial charge in [-0.05, 0) is 105 Å². The lowest BCUT2D eigenvalue weighted by Gasteiger charge is -2.65. The second-order valence-corrected chi connectivity index (χ2v) is 18.3. The fourth-order valence-electron chi connectivity index (χ4n) is 11.0. The topological polar surface area (TPSA) is 143 Å². The summed E-state index contributed by atoms with van der Waals surface area (Å²) in [5.41, 5.74) is 5.06. The zero-order valence-corrected chi connectivity index (χ0v) is 34.1. The van der Waals surface area contributed by atoms with Gasteiger partial charge in [-0.25, -0.2) is 0 Å². The van der Waals surface area contributed by atoms with Gasteiger partial charge in [-0.1, -0.05) is 39.5 Å². The second-order valence-electron chi connectivity index (χ2n) is 18.3. The van der Waals surface area contributed by atoms with Gasteiger partial charge in [0.05, 0.1) is 22.8 Å². The van der Waals surface area contributed by atoms with Gasteiger partial charge in [0, 0.05) is 71.7 Å². The smallest absolute Gasteiger partial charge is 0.262 e. The van der Waals surface area contributed by atoms with E-state index in [0.29, 0.717) is 23.7 Å². The van der Waals surface area contributed by atoms with Crippen molar-refractivity contribution in [3.63, 3.8) is 0 Å². The third kappa shape index (κ3) is 6.36. The summed E-state index contributed by atoms with van der Waals surface area (Å²) in [6.45, 7) is 14.7. The van der Waals surface area contributed by atoms with Gasteiger partial charge in [0.15, 0.2) is 0 Å². The molecule has 0 radical (unpaired) electrons. The second kappa shape index (κ2) is 14.1. The van der Waals surface area contributed by atoms with Crippen molar-refractivity contribution in [2.75, 3.05) is 31.1 Å². The first-order valence-corrected chi connectivity index (χ1v) is 20.6. The van der Waals surface area contributed by atoms with E-state index in [-0.39, 0.29) is 53.2 Å². The van der Waals surface area contributed by atoms with Crippen molar-refractivity contribution in [2.45, 2.75) is 91.1 Å². The molecular weight excluding hydrogens is 745 g/mol. The van der Waals surface area contributed by atoms with Crippen LogP contribution in [0.4, 0.5) is 5.69 Å². The quantitative estimate of drug-likeness (QED) is 0.268. The number of fused-ring (bicyclic) bond motifs is 2. The Hall–Kier alpha value is -5.98. The molecule has 3 saturated heterocycles. The molecule has 0 bridgehead atoms. The Labute approximate surface area is 344 Å². The van der Waals surface area contributed by atoms with E-state index >= 15 is 0 Å². The molecule has 6 aliphatic rings. The van der Waals surface area contributed by atoms with Crippen LogP contribution >= 0.6 is 0 Å². The maximum Gasteiger partial charge on any atom is 0.262 e. The molecule has 9 rings (SSSR count). The zero-order chi connectivity index (χ0) is 41.5. The predicted octanol–water partition coefficient (Wildman–Crippen LogP) is 5.06. The van der Waals surface area contributed by atoms with Crippen LogP contribution in [0.1, 0.15) is 107 Å². The molecule has 59 heavy (non-hydrogen) atoms. The number of likely N-dealkylation sites (tertiary alicyclic amines) is 1. The highest BCUT2D eigenvalue weighted by Crippen LogP contribution is 2.59. The molecule has 12 nitrogen and oxygen atoms in total. The highest BCUT2D eigenvalue weighted by atomic mass is 16.5. The number of benzene rings is 3. The van der Waals surface area contributed by atoms with Crippen LogP contribution in [0.5, 0.6) is 5.75 Å². The van der Waals surface area contributed by atoms with E-state index < -0.39 is 29.7 Å². The van der Waals surface area contributed by atoms with E-state index in [0.717, 1.165) is 77.6 Å². The normalized spacial score (nSPS) is 25.1. The molecule has 5 heterocycles. The molecule has 1 atom stereocenters. The van der Waals surface area contributed by atoms with Gasteiger partial charge in [-0.15, -0.1) is 0 Å². The lowest BCUT2D eigenvalue weighted by atomic mass is 9.49. The standard InChI is InChI=1S/C47H48N6O6/c1-27-20-34(11-9-30(27)23-48)59-45-46(2,3)44(47(45,4)5)52-24-31-21-29(8-12-35(31)41(52)56)7-6-28-16-18-50(19-17-28)33-25-51(26-33)32-10-13-36-37(22-32)43(58)53(42(36)57)38-14-15-39(54)49-40(38)55/h8-13,20-22,28,33,38,44-45H,14-19,24-26H2,1-5H3,(H,49,54,55). The van der Waals surface area contributed by atoms with Crippen LogP contribution in [-0.4, -0.2) is 94.6 Å². The van der Waals surface area contributed by atoms with E-state index in [9.17, 15) is 29.2 Å². The van der Waals surface area contributed by atoms with Crippen LogP contribution < -0.4 is 15.0 Å². The Kier molecular flexibility index (Phi) is 9.20. The SMILES string of the molecule is Cc1cc(OC2C(C)(C)C(N3Cc4cc(C#CC5CCN(C6CN(c7ccc8c(c7)C(=O)N(C7CCC(=O)NC7=O)C8=O)C6)CC5)ccc4C3=O)C2(C)C)ccc1C#N. The molecule has 1 unspecified atom stereocenters. The number of aryl methyl sites for hydroxylation is 1. The molecule has 12 heteroatoms. The third-order valence-electron chi connectivity index (χ3n) is 13.7. The van der Waals surface area contributed by atoms with Crippen molar-refractivity contribution >= 4 is 35.2 Å². The first kappa shape index (κ1) is 38.5. The van der Waals surface area contributed by atoms with Gasteiger partial charge in [0.1, 0.15) is 17.9 Å². The maximum atomic E-state index is 13.8. The van der Waals surface area contributed by atoms with Crippen LogP contribution in [0, 0.1) is 46.8 Å². The number of piperidine rings is 2. The summed E-state index contributed by atoms with van der Waals surface area (Å²) in [4.78, 5) is 72.1. The zero-order valence-electron chi connectivity index (χ0n) is 34.1. The van der Waals surface area contributed by atoms with E-state index in [1.54, 1.807) is 18.2 Å². The molecule has 3 aromatic carbocycles. The van der Waals surface area contributed by atoms with Crippen LogP contribution in [0.3, 0.4) is 0 Å². The van der Waals surface area contributed by atoms with Crippen molar-refractivity contribution in [3.8, 4) is 23.7 Å². The number of hydrogen-bond donors (Lipinski definition) is 1. The van der Waals surface area contributed by atoms with Crippen LogP contribution in [0.25, 0.3) is 0 Å². The van der Waals surface area contributed by atoms with Crippen LogP contribution in [-0.2, 0) is 16.1 Å². The van der Waals surface area contributed by atoms with E-state index in [1.807, 2.05) is 42.2 Å². The van der Waals surface area contributed by atoms with Crippen molar-refractivity contribution < 1.29 is 28.7 Å². The van der Waals surface area contributed by atoms with Gasteiger partial charge >= 0.3 is 0 Å². The predicted molar refractivity (Wildman–Crippen MR) is 218 cm³/mol. The van der Waals surface area contributed by atoms with Crippen molar-refractivity contribution in [1.29, 1.82) is 5.26 Å². The molecule has 5 amide bonds. The molecule has 1 aliphatic carbocycles. The average Bonchev–Trinajstić information content (AvgIpc) is 3.62. The minimum absolute atomic E-state index is 0.0250. The number of anilines is 1. The van der Waals surface area contributed by atoms with E-state index in [2.05, 4.69) is 66.8 Å². The Bertz CT molecular complexity index is 2430. The molecule has 4 fully saturated rings. The summed E-state index contributed by atoms with van der Waals surface area (Å²) in [6.07, 6.45) is 2.05. The van der Waals surface area contributed by atoms with Crippen LogP contribution in [0.15, 0.2) is 54.6 Å². The maximum absolute atomic E-state index is 13.8. The van der Waals surface area contributed by atoms with Gasteiger partial charge < -0.3 is 14.5 Å². The van der Waals surface area contributed by atoms with E-state index in [4.69, 9.17) is 4.74 Å². The number of ether oxygens (including phenoxy) is 1. The van der Waals surface area contributed by atoms with Crippen molar-refractivity contribution in [2.24, 2.45) is 16.7 Å². The molecule has 0 spiro atoms. The van der Waals surface area contributed by atoms with Gasteiger partial charge in [0.2, 0.25) is 11.8 Å². The lowest BCUT2D eigenvalue weighted by Crippen LogP contribution is -2.74. The fourth-order valence-corrected chi connectivity index (χ4v) is 11.0. The summed E-state index contributed by atoms with van der Waals surface area (Å²) >= 11 is 0. The fraction of sp³-hybridized carbons (Fsp3) is 0.447. The molecule has 5 aliphatic heterocycles. The number of hydrogen-bond acceptors (Lipinski definition) is 9. The number of carbonyl (C=O) groups excluding carboxylic acids is 5. The lowest BCUT2D eigenvalue weighted by molar-refractivity contribution is -0.199. The average molecular weight is 793 g/mol. The van der Waals surface area contributed by atoms with Crippen molar-refractivity contribution in [1.82, 2.24) is 20.0 Å². The Balaban J connectivity index is 0.777. The first-order valence-electron chi connectivity index (χ1n) is 20.6. The highest BCUT2D eigenvalue weighted by Gasteiger charge is 2.67. The number of amides is 5. The van der Waals surface area contributed by atoms with Gasteiger partial charge in [0.25, 0.3) is 17.7 Å². The molecule has 0 aromatic heterocycles.